The van der Waals surface area contributed by atoms with Gasteiger partial charge in [0.1, 0.15) is 12.1 Å². The molecule has 0 saturated carbocycles. The third kappa shape index (κ3) is 4.26. The van der Waals surface area contributed by atoms with Gasteiger partial charge in [-0.05, 0) is 48.7 Å². The lowest BCUT2D eigenvalue weighted by molar-refractivity contribution is -0.135. The molecule has 158 valence electrons. The Balaban J connectivity index is 1.73. The number of hydrogen-bond donors (Lipinski definition) is 2. The molecule has 9 heteroatoms. The van der Waals surface area contributed by atoms with Gasteiger partial charge in [-0.2, -0.15) is 0 Å². The second-order valence-electron chi connectivity index (χ2n) is 7.05. The van der Waals surface area contributed by atoms with Crippen molar-refractivity contribution in [2.45, 2.75) is 31.8 Å². The molecule has 6 nitrogen and oxygen atoms in total. The van der Waals surface area contributed by atoms with Crippen LogP contribution >= 0.6 is 34.8 Å². The standard InChI is InChI=1S/C21H20Cl3N3O3/c1-3-21(14-5-7-15(22)8-6-14)19(29)27(20(30)26-21)11-18(28)25-12(2)13-4-9-16(23)17(24)10-13/h4-10,12H,3,11H2,1-2H3,(H,25,28)(H,26,30). The summed E-state index contributed by atoms with van der Waals surface area (Å²) in [4.78, 5) is 39.1. The molecule has 2 atom stereocenters. The van der Waals surface area contributed by atoms with Crippen LogP contribution in [0.2, 0.25) is 15.1 Å². The molecular weight excluding hydrogens is 449 g/mol. The van der Waals surface area contributed by atoms with E-state index in [-0.39, 0.29) is 6.04 Å². The van der Waals surface area contributed by atoms with E-state index in [1.807, 2.05) is 0 Å². The molecular formula is C21H20Cl3N3O3. The number of imide groups is 1. The van der Waals surface area contributed by atoms with Crippen LogP contribution in [-0.2, 0) is 15.1 Å². The Morgan fingerprint density at radius 1 is 1.10 bits per heavy atom. The Bertz CT molecular complexity index is 997. The molecule has 2 N–H and O–H groups in total. The predicted molar refractivity (Wildman–Crippen MR) is 117 cm³/mol. The molecule has 0 aromatic heterocycles. The van der Waals surface area contributed by atoms with Crippen molar-refractivity contribution < 1.29 is 14.4 Å². The molecule has 1 fully saturated rings. The number of nitrogens with zero attached hydrogens (tertiary/aromatic N) is 1. The van der Waals surface area contributed by atoms with Crippen LogP contribution in [0.25, 0.3) is 0 Å². The maximum absolute atomic E-state index is 13.1. The van der Waals surface area contributed by atoms with Gasteiger partial charge in [0.25, 0.3) is 5.91 Å². The number of urea groups is 1. The Morgan fingerprint density at radius 3 is 2.37 bits per heavy atom. The van der Waals surface area contributed by atoms with E-state index in [4.69, 9.17) is 34.8 Å². The van der Waals surface area contributed by atoms with E-state index in [0.29, 0.717) is 27.1 Å². The minimum Gasteiger partial charge on any atom is -0.348 e. The van der Waals surface area contributed by atoms with E-state index in [1.54, 1.807) is 56.3 Å². The number of halogens is 3. The molecule has 0 aliphatic carbocycles. The van der Waals surface area contributed by atoms with Crippen molar-refractivity contribution in [3.63, 3.8) is 0 Å². The molecule has 4 amide bonds. The molecule has 0 spiro atoms. The summed E-state index contributed by atoms with van der Waals surface area (Å²) >= 11 is 17.9. The summed E-state index contributed by atoms with van der Waals surface area (Å²) in [5.41, 5.74) is 0.135. The Morgan fingerprint density at radius 2 is 1.77 bits per heavy atom. The van der Waals surface area contributed by atoms with Crippen LogP contribution in [0, 0.1) is 0 Å². The molecule has 0 bridgehead atoms. The number of rotatable bonds is 6. The smallest absolute Gasteiger partial charge is 0.325 e. The highest BCUT2D eigenvalue weighted by molar-refractivity contribution is 6.42. The molecule has 0 radical (unpaired) electrons. The van der Waals surface area contributed by atoms with Gasteiger partial charge < -0.3 is 10.6 Å². The van der Waals surface area contributed by atoms with Crippen molar-refractivity contribution in [3.05, 3.63) is 68.7 Å². The van der Waals surface area contributed by atoms with Crippen LogP contribution in [-0.4, -0.2) is 29.3 Å². The average molecular weight is 469 g/mol. The van der Waals surface area contributed by atoms with Crippen LogP contribution in [0.5, 0.6) is 0 Å². The van der Waals surface area contributed by atoms with E-state index in [9.17, 15) is 14.4 Å². The van der Waals surface area contributed by atoms with Gasteiger partial charge in [0, 0.05) is 5.02 Å². The van der Waals surface area contributed by atoms with Crippen molar-refractivity contribution in [3.8, 4) is 0 Å². The SMILES string of the molecule is CCC1(c2ccc(Cl)cc2)NC(=O)N(CC(=O)NC(C)c2ccc(Cl)c(Cl)c2)C1=O. The van der Waals surface area contributed by atoms with Crippen LogP contribution in [0.4, 0.5) is 4.79 Å². The van der Waals surface area contributed by atoms with Crippen molar-refractivity contribution in [1.29, 1.82) is 0 Å². The highest BCUT2D eigenvalue weighted by Crippen LogP contribution is 2.33. The lowest BCUT2D eigenvalue weighted by Crippen LogP contribution is -2.45. The van der Waals surface area contributed by atoms with Gasteiger partial charge >= 0.3 is 6.03 Å². The van der Waals surface area contributed by atoms with Crippen LogP contribution < -0.4 is 10.6 Å². The summed E-state index contributed by atoms with van der Waals surface area (Å²) in [7, 11) is 0. The number of carbonyl (C=O) groups excluding carboxylic acids is 3. The van der Waals surface area contributed by atoms with Gasteiger partial charge in [0.15, 0.2) is 0 Å². The maximum Gasteiger partial charge on any atom is 0.325 e. The van der Waals surface area contributed by atoms with E-state index in [2.05, 4.69) is 10.6 Å². The average Bonchev–Trinajstić information content (AvgIpc) is 2.95. The first-order valence-corrected chi connectivity index (χ1v) is 10.5. The van der Waals surface area contributed by atoms with Gasteiger partial charge in [0.2, 0.25) is 5.91 Å². The molecule has 3 rings (SSSR count). The minimum absolute atomic E-state index is 0.330. The fourth-order valence-electron chi connectivity index (χ4n) is 3.44. The first kappa shape index (κ1) is 22.4. The number of amides is 4. The normalized spacial score (nSPS) is 19.6. The zero-order valence-electron chi connectivity index (χ0n) is 16.3. The Labute approximate surface area is 189 Å². The molecule has 1 aliphatic rings. The monoisotopic (exact) mass is 467 g/mol. The molecule has 2 aromatic rings. The minimum atomic E-state index is -1.22. The van der Waals surface area contributed by atoms with Crippen LogP contribution in [0.1, 0.15) is 37.4 Å². The zero-order chi connectivity index (χ0) is 22.1. The summed E-state index contributed by atoms with van der Waals surface area (Å²) in [6.45, 7) is 3.17. The Hall–Kier alpha value is -2.28. The van der Waals surface area contributed by atoms with Crippen LogP contribution in [0.15, 0.2) is 42.5 Å². The second kappa shape index (κ2) is 8.84. The van der Waals surface area contributed by atoms with Gasteiger partial charge in [-0.15, -0.1) is 0 Å². The Kier molecular flexibility index (Phi) is 6.60. The fraction of sp³-hybridized carbons (Fsp3) is 0.286. The third-order valence-corrected chi connectivity index (χ3v) is 6.16. The van der Waals surface area contributed by atoms with Gasteiger partial charge in [-0.25, -0.2) is 4.79 Å². The number of benzene rings is 2. The summed E-state index contributed by atoms with van der Waals surface area (Å²) < 4.78 is 0. The lowest BCUT2D eigenvalue weighted by atomic mass is 9.87. The van der Waals surface area contributed by atoms with Crippen molar-refractivity contribution in [2.75, 3.05) is 6.54 Å². The van der Waals surface area contributed by atoms with E-state index >= 15 is 0 Å². The van der Waals surface area contributed by atoms with Gasteiger partial charge in [0.05, 0.1) is 16.1 Å². The predicted octanol–water partition coefficient (Wildman–Crippen LogP) is 4.68. The van der Waals surface area contributed by atoms with Crippen molar-refractivity contribution in [1.82, 2.24) is 15.5 Å². The quantitative estimate of drug-likeness (QED) is 0.604. The van der Waals surface area contributed by atoms with Gasteiger partial charge in [-0.1, -0.05) is 59.9 Å². The highest BCUT2D eigenvalue weighted by Gasteiger charge is 2.51. The fourth-order valence-corrected chi connectivity index (χ4v) is 3.87. The van der Waals surface area contributed by atoms with E-state index in [0.717, 1.165) is 10.5 Å². The lowest BCUT2D eigenvalue weighted by Gasteiger charge is -2.26. The van der Waals surface area contributed by atoms with E-state index in [1.165, 1.54) is 0 Å². The summed E-state index contributed by atoms with van der Waals surface area (Å²) in [6, 6.07) is 10.7. The summed E-state index contributed by atoms with van der Waals surface area (Å²) in [5, 5.41) is 6.82. The number of nitrogens with one attached hydrogen (secondary N) is 2. The summed E-state index contributed by atoms with van der Waals surface area (Å²) in [6.07, 6.45) is 0.330. The molecule has 2 unspecified atom stereocenters. The van der Waals surface area contributed by atoms with Crippen LogP contribution in [0.3, 0.4) is 0 Å². The first-order valence-electron chi connectivity index (χ1n) is 9.32. The molecule has 1 heterocycles. The molecule has 30 heavy (non-hydrogen) atoms. The first-order chi connectivity index (χ1) is 14.2. The van der Waals surface area contributed by atoms with Crippen molar-refractivity contribution in [2.24, 2.45) is 0 Å². The molecule has 2 aromatic carbocycles. The second-order valence-corrected chi connectivity index (χ2v) is 8.30. The van der Waals surface area contributed by atoms with Gasteiger partial charge in [-0.3, -0.25) is 14.5 Å². The summed E-state index contributed by atoms with van der Waals surface area (Å²) in [5.74, 6) is -0.949. The maximum atomic E-state index is 13.1. The topological polar surface area (TPSA) is 78.5 Å². The number of hydrogen-bond acceptors (Lipinski definition) is 3. The number of carbonyl (C=O) groups is 3. The highest BCUT2D eigenvalue weighted by atomic mass is 35.5. The molecule has 1 aliphatic heterocycles. The molecule has 1 saturated heterocycles. The third-order valence-electron chi connectivity index (χ3n) is 5.17. The van der Waals surface area contributed by atoms with E-state index < -0.39 is 29.9 Å². The van der Waals surface area contributed by atoms with Crippen molar-refractivity contribution >= 4 is 52.6 Å². The zero-order valence-corrected chi connectivity index (χ0v) is 18.6. The largest absolute Gasteiger partial charge is 0.348 e.